The minimum atomic E-state index is -0.596. The third-order valence-electron chi connectivity index (χ3n) is 2.58. The zero-order valence-corrected chi connectivity index (χ0v) is 12.5. The van der Waals surface area contributed by atoms with Crippen LogP contribution in [0.3, 0.4) is 0 Å². The van der Waals surface area contributed by atoms with Crippen molar-refractivity contribution in [1.29, 1.82) is 0 Å². The number of nitrogens with two attached hydrogens (primary N) is 1. The second kappa shape index (κ2) is 6.02. The highest BCUT2D eigenvalue weighted by molar-refractivity contribution is 7.98. The Bertz CT molecular complexity index is 669. The van der Waals surface area contributed by atoms with Gasteiger partial charge in [0, 0.05) is 10.5 Å². The average Bonchev–Trinajstić information content (AvgIpc) is 2.95. The first-order valence-corrected chi connectivity index (χ1v) is 7.19. The van der Waals surface area contributed by atoms with Gasteiger partial charge in [0.05, 0.1) is 12.8 Å². The molecule has 2 N–H and O–H groups in total. The van der Waals surface area contributed by atoms with Crippen LogP contribution < -0.4 is 5.73 Å². The molecule has 2 aromatic rings. The number of benzene rings is 1. The van der Waals surface area contributed by atoms with Crippen LogP contribution in [0.25, 0.3) is 5.69 Å². The lowest BCUT2D eigenvalue weighted by molar-refractivity contribution is 0.0587. The molecule has 0 aliphatic rings. The quantitative estimate of drug-likeness (QED) is 0.519. The van der Waals surface area contributed by atoms with Crippen LogP contribution in [0.2, 0.25) is 0 Å². The fourth-order valence-electron chi connectivity index (χ4n) is 1.69. The van der Waals surface area contributed by atoms with Crippen molar-refractivity contribution in [3.8, 4) is 5.69 Å². The van der Waals surface area contributed by atoms with Gasteiger partial charge in [0.1, 0.15) is 11.3 Å². The average molecular weight is 308 g/mol. The molecule has 1 heterocycles. The minimum Gasteiger partial charge on any atom is -0.463 e. The van der Waals surface area contributed by atoms with E-state index in [2.05, 4.69) is 14.8 Å². The van der Waals surface area contributed by atoms with Crippen molar-refractivity contribution in [1.82, 2.24) is 14.8 Å². The second-order valence-electron chi connectivity index (χ2n) is 3.72. The highest BCUT2D eigenvalue weighted by Crippen LogP contribution is 2.25. The van der Waals surface area contributed by atoms with Crippen molar-refractivity contribution < 1.29 is 9.53 Å². The van der Waals surface area contributed by atoms with Crippen LogP contribution in [0.5, 0.6) is 0 Å². The topological polar surface area (TPSA) is 83.0 Å². The van der Waals surface area contributed by atoms with E-state index in [1.807, 2.05) is 24.5 Å². The third-order valence-corrected chi connectivity index (χ3v) is 3.56. The van der Waals surface area contributed by atoms with E-state index in [1.165, 1.54) is 29.9 Å². The van der Waals surface area contributed by atoms with Gasteiger partial charge in [0.15, 0.2) is 0 Å². The van der Waals surface area contributed by atoms with Gasteiger partial charge in [-0.2, -0.15) is 0 Å². The summed E-state index contributed by atoms with van der Waals surface area (Å²) in [6, 6.07) is 5.59. The minimum absolute atomic E-state index is 0.0176. The monoisotopic (exact) mass is 308 g/mol. The number of rotatable bonds is 4. The predicted molar refractivity (Wildman–Crippen MR) is 80.4 cm³/mol. The molecule has 0 atom stereocenters. The van der Waals surface area contributed by atoms with E-state index in [0.717, 1.165) is 4.90 Å². The standard InChI is InChI=1S/C12H12N4O2S2/c1-18-12(17)11-14-6-16(15-11)7-4-3-5-8(20-2)9(7)10(13)19/h3-6H,1-2H3,(H2,13,19). The number of hydrogen-bond acceptors (Lipinski definition) is 6. The van der Waals surface area contributed by atoms with Crippen molar-refractivity contribution in [2.45, 2.75) is 4.90 Å². The molecule has 6 nitrogen and oxygen atoms in total. The number of thioether (sulfide) groups is 1. The molecule has 0 aliphatic heterocycles. The van der Waals surface area contributed by atoms with Gasteiger partial charge in [-0.3, -0.25) is 0 Å². The van der Waals surface area contributed by atoms with E-state index in [0.29, 0.717) is 11.3 Å². The van der Waals surface area contributed by atoms with Gasteiger partial charge in [0.2, 0.25) is 0 Å². The molecule has 2 rings (SSSR count). The zero-order valence-electron chi connectivity index (χ0n) is 10.9. The van der Waals surface area contributed by atoms with Crippen LogP contribution in [0, 0.1) is 0 Å². The molecule has 1 aromatic heterocycles. The second-order valence-corrected chi connectivity index (χ2v) is 5.01. The molecule has 0 unspecified atom stereocenters. The molecule has 0 saturated heterocycles. The van der Waals surface area contributed by atoms with Gasteiger partial charge >= 0.3 is 5.97 Å². The van der Waals surface area contributed by atoms with E-state index < -0.39 is 5.97 Å². The highest BCUT2D eigenvalue weighted by atomic mass is 32.2. The summed E-state index contributed by atoms with van der Waals surface area (Å²) in [6.45, 7) is 0. The molecule has 20 heavy (non-hydrogen) atoms. The molecule has 8 heteroatoms. The third kappa shape index (κ3) is 2.66. The number of esters is 1. The van der Waals surface area contributed by atoms with Crippen LogP contribution in [-0.2, 0) is 4.74 Å². The van der Waals surface area contributed by atoms with Gasteiger partial charge in [-0.15, -0.1) is 16.9 Å². The van der Waals surface area contributed by atoms with Gasteiger partial charge < -0.3 is 10.5 Å². The number of thiocarbonyl (C=S) groups is 1. The van der Waals surface area contributed by atoms with Crippen molar-refractivity contribution >= 4 is 34.9 Å². The van der Waals surface area contributed by atoms with Gasteiger partial charge in [0.25, 0.3) is 5.82 Å². The van der Waals surface area contributed by atoms with Crippen LogP contribution in [-0.4, -0.2) is 39.1 Å². The maximum absolute atomic E-state index is 11.4. The number of carbonyl (C=O) groups excluding carboxylic acids is 1. The molecule has 104 valence electrons. The summed E-state index contributed by atoms with van der Waals surface area (Å²) in [5, 5.41) is 4.08. The Morgan fingerprint density at radius 1 is 1.50 bits per heavy atom. The Balaban J connectivity index is 2.55. The summed E-state index contributed by atoms with van der Waals surface area (Å²) in [4.78, 5) is 16.5. The van der Waals surface area contributed by atoms with Crippen LogP contribution in [0.1, 0.15) is 16.2 Å². The smallest absolute Gasteiger partial charge is 0.377 e. The lowest BCUT2D eigenvalue weighted by Crippen LogP contribution is -2.15. The van der Waals surface area contributed by atoms with Crippen molar-refractivity contribution in [2.24, 2.45) is 5.73 Å². The molecule has 0 aliphatic carbocycles. The van der Waals surface area contributed by atoms with Crippen LogP contribution in [0.4, 0.5) is 0 Å². The first kappa shape index (κ1) is 14.5. The van der Waals surface area contributed by atoms with Crippen molar-refractivity contribution in [3.05, 3.63) is 35.9 Å². The van der Waals surface area contributed by atoms with E-state index in [9.17, 15) is 4.79 Å². The molecular formula is C12H12N4O2S2. The number of hydrogen-bond donors (Lipinski definition) is 1. The lowest BCUT2D eigenvalue weighted by Gasteiger charge is -2.11. The number of ether oxygens (including phenoxy) is 1. The van der Waals surface area contributed by atoms with E-state index >= 15 is 0 Å². The molecule has 1 aromatic carbocycles. The SMILES string of the molecule is COC(=O)c1ncn(-c2cccc(SC)c2C(N)=S)n1. The Labute approximate surface area is 125 Å². The fraction of sp³-hybridized carbons (Fsp3) is 0.167. The summed E-state index contributed by atoms with van der Waals surface area (Å²) in [5.74, 6) is -0.613. The fourth-order valence-corrected chi connectivity index (χ4v) is 2.60. The maximum Gasteiger partial charge on any atom is 0.377 e. The summed E-state index contributed by atoms with van der Waals surface area (Å²) in [6.07, 6.45) is 3.36. The summed E-state index contributed by atoms with van der Waals surface area (Å²) >= 11 is 6.63. The first-order chi connectivity index (χ1) is 9.58. The van der Waals surface area contributed by atoms with Gasteiger partial charge in [-0.25, -0.2) is 14.5 Å². The van der Waals surface area contributed by atoms with Crippen molar-refractivity contribution in [3.63, 3.8) is 0 Å². The molecule has 0 bridgehead atoms. The first-order valence-electron chi connectivity index (χ1n) is 5.55. The number of nitrogens with zero attached hydrogens (tertiary/aromatic N) is 3. The maximum atomic E-state index is 11.4. The molecule has 0 fully saturated rings. The normalized spacial score (nSPS) is 10.3. The van der Waals surface area contributed by atoms with E-state index in [4.69, 9.17) is 18.0 Å². The summed E-state index contributed by atoms with van der Waals surface area (Å²) in [5.41, 5.74) is 7.16. The molecule has 0 saturated carbocycles. The van der Waals surface area contributed by atoms with Crippen LogP contribution in [0.15, 0.2) is 29.4 Å². The predicted octanol–water partition coefficient (Wildman–Crippen LogP) is 1.41. The molecule has 0 radical (unpaired) electrons. The number of methoxy groups -OCH3 is 1. The van der Waals surface area contributed by atoms with Gasteiger partial charge in [-0.1, -0.05) is 18.3 Å². The molecular weight excluding hydrogens is 296 g/mol. The highest BCUT2D eigenvalue weighted by Gasteiger charge is 2.16. The zero-order chi connectivity index (χ0) is 14.7. The number of carbonyl (C=O) groups is 1. The Morgan fingerprint density at radius 2 is 2.25 bits per heavy atom. The number of aromatic nitrogens is 3. The largest absolute Gasteiger partial charge is 0.463 e. The van der Waals surface area contributed by atoms with Gasteiger partial charge in [-0.05, 0) is 18.4 Å². The van der Waals surface area contributed by atoms with E-state index in [-0.39, 0.29) is 10.8 Å². The molecule has 0 amide bonds. The van der Waals surface area contributed by atoms with Crippen molar-refractivity contribution in [2.75, 3.05) is 13.4 Å². The Kier molecular flexibility index (Phi) is 4.35. The molecule has 0 spiro atoms. The lowest BCUT2D eigenvalue weighted by atomic mass is 10.2. The van der Waals surface area contributed by atoms with Crippen LogP contribution >= 0.6 is 24.0 Å². The van der Waals surface area contributed by atoms with E-state index in [1.54, 1.807) is 0 Å². The summed E-state index contributed by atoms with van der Waals surface area (Å²) < 4.78 is 6.03. The Hall–Kier alpha value is -1.93. The Morgan fingerprint density at radius 3 is 2.85 bits per heavy atom. The summed E-state index contributed by atoms with van der Waals surface area (Å²) in [7, 11) is 1.28.